The van der Waals surface area contributed by atoms with Gasteiger partial charge in [-0.3, -0.25) is 9.59 Å². The van der Waals surface area contributed by atoms with Gasteiger partial charge in [0.15, 0.2) is 0 Å². The molecular formula is C24H24N2O2S. The minimum absolute atomic E-state index is 0.225. The molecule has 0 saturated heterocycles. The van der Waals surface area contributed by atoms with Crippen molar-refractivity contribution in [2.75, 3.05) is 5.32 Å². The minimum Gasteiger partial charge on any atom is -0.348 e. The topological polar surface area (TPSA) is 58.2 Å². The molecule has 0 atom stereocenters. The summed E-state index contributed by atoms with van der Waals surface area (Å²) >= 11 is 1.64. The number of carbonyl (C=O) groups excluding carboxylic acids is 2. The molecule has 0 bridgehead atoms. The zero-order valence-electron chi connectivity index (χ0n) is 16.5. The molecule has 4 nitrogen and oxygen atoms in total. The Morgan fingerprint density at radius 2 is 1.41 bits per heavy atom. The van der Waals surface area contributed by atoms with E-state index in [0.29, 0.717) is 28.6 Å². The van der Waals surface area contributed by atoms with Crippen molar-refractivity contribution in [3.8, 4) is 0 Å². The minimum atomic E-state index is -0.227. The van der Waals surface area contributed by atoms with Crippen molar-refractivity contribution >= 4 is 29.3 Å². The predicted molar refractivity (Wildman–Crippen MR) is 119 cm³/mol. The highest BCUT2D eigenvalue weighted by atomic mass is 32.2. The Labute approximate surface area is 175 Å². The number of thioether (sulfide) groups is 1. The molecule has 0 aliphatic carbocycles. The standard InChI is InChI=1S/C24H24N2O2S/c1-17(2)29-22-15-9-7-13-20(22)24(28)26-21-14-8-6-12-19(21)23(27)25-16-18-10-4-3-5-11-18/h3-15,17H,16H2,1-2H3,(H,25,27)(H,26,28). The Kier molecular flexibility index (Phi) is 7.09. The summed E-state index contributed by atoms with van der Waals surface area (Å²) in [6.45, 7) is 4.60. The van der Waals surface area contributed by atoms with E-state index in [0.717, 1.165) is 10.5 Å². The molecule has 2 N–H and O–H groups in total. The van der Waals surface area contributed by atoms with E-state index in [2.05, 4.69) is 24.5 Å². The lowest BCUT2D eigenvalue weighted by Gasteiger charge is -2.14. The fourth-order valence-electron chi connectivity index (χ4n) is 2.86. The van der Waals surface area contributed by atoms with Crippen LogP contribution in [0.5, 0.6) is 0 Å². The van der Waals surface area contributed by atoms with Crippen LogP contribution in [0.2, 0.25) is 0 Å². The average molecular weight is 405 g/mol. The molecule has 2 amide bonds. The number of rotatable bonds is 7. The highest BCUT2D eigenvalue weighted by Crippen LogP contribution is 2.27. The van der Waals surface area contributed by atoms with Crippen LogP contribution in [0.25, 0.3) is 0 Å². The summed E-state index contributed by atoms with van der Waals surface area (Å²) in [4.78, 5) is 26.5. The summed E-state index contributed by atoms with van der Waals surface area (Å²) in [6, 6.07) is 24.3. The van der Waals surface area contributed by atoms with Gasteiger partial charge in [-0.25, -0.2) is 0 Å². The van der Waals surface area contributed by atoms with E-state index in [1.165, 1.54) is 0 Å². The van der Waals surface area contributed by atoms with Crippen LogP contribution in [0.4, 0.5) is 5.69 Å². The number of nitrogens with one attached hydrogen (secondary N) is 2. The van der Waals surface area contributed by atoms with Crippen LogP contribution in [-0.2, 0) is 6.54 Å². The van der Waals surface area contributed by atoms with Gasteiger partial charge in [0.25, 0.3) is 11.8 Å². The highest BCUT2D eigenvalue weighted by molar-refractivity contribution is 8.00. The molecule has 5 heteroatoms. The fourth-order valence-corrected chi connectivity index (χ4v) is 3.82. The average Bonchev–Trinajstić information content (AvgIpc) is 2.73. The van der Waals surface area contributed by atoms with Gasteiger partial charge < -0.3 is 10.6 Å². The summed E-state index contributed by atoms with van der Waals surface area (Å²) < 4.78 is 0. The van der Waals surface area contributed by atoms with Crippen LogP contribution < -0.4 is 10.6 Å². The summed E-state index contributed by atoms with van der Waals surface area (Å²) in [5, 5.41) is 6.18. The zero-order chi connectivity index (χ0) is 20.6. The zero-order valence-corrected chi connectivity index (χ0v) is 17.3. The van der Waals surface area contributed by atoms with E-state index in [4.69, 9.17) is 0 Å². The number of para-hydroxylation sites is 1. The maximum atomic E-state index is 12.9. The maximum absolute atomic E-state index is 12.9. The van der Waals surface area contributed by atoms with Crippen LogP contribution >= 0.6 is 11.8 Å². The maximum Gasteiger partial charge on any atom is 0.256 e. The second kappa shape index (κ2) is 9.94. The van der Waals surface area contributed by atoms with Crippen molar-refractivity contribution in [1.82, 2.24) is 5.32 Å². The van der Waals surface area contributed by atoms with Gasteiger partial charge >= 0.3 is 0 Å². The molecule has 0 radical (unpaired) electrons. The quantitative estimate of drug-likeness (QED) is 0.521. The van der Waals surface area contributed by atoms with Gasteiger partial charge in [0.2, 0.25) is 0 Å². The van der Waals surface area contributed by atoms with Crippen LogP contribution in [0.15, 0.2) is 83.8 Å². The third-order valence-corrected chi connectivity index (χ3v) is 5.29. The van der Waals surface area contributed by atoms with Gasteiger partial charge in [-0.1, -0.05) is 68.4 Å². The molecule has 0 heterocycles. The fraction of sp³-hybridized carbons (Fsp3) is 0.167. The van der Waals surface area contributed by atoms with E-state index in [9.17, 15) is 9.59 Å². The van der Waals surface area contributed by atoms with Crippen LogP contribution in [0.1, 0.15) is 40.1 Å². The molecule has 0 aliphatic heterocycles. The number of amides is 2. The summed E-state index contributed by atoms with van der Waals surface area (Å²) in [5.41, 5.74) is 2.55. The van der Waals surface area contributed by atoms with Gasteiger partial charge in [0.05, 0.1) is 16.8 Å². The Bertz CT molecular complexity index is 987. The molecule has 0 unspecified atom stereocenters. The van der Waals surface area contributed by atoms with Crippen molar-refractivity contribution in [3.63, 3.8) is 0 Å². The Hall–Kier alpha value is -3.05. The molecule has 3 aromatic carbocycles. The molecule has 0 aliphatic rings. The van der Waals surface area contributed by atoms with E-state index in [-0.39, 0.29) is 11.8 Å². The van der Waals surface area contributed by atoms with E-state index < -0.39 is 0 Å². The van der Waals surface area contributed by atoms with E-state index in [1.54, 1.807) is 42.1 Å². The number of anilines is 1. The van der Waals surface area contributed by atoms with Crippen LogP contribution in [-0.4, -0.2) is 17.1 Å². The van der Waals surface area contributed by atoms with Crippen LogP contribution in [0.3, 0.4) is 0 Å². The van der Waals surface area contributed by atoms with E-state index in [1.807, 2.05) is 48.5 Å². The largest absolute Gasteiger partial charge is 0.348 e. The number of carbonyl (C=O) groups is 2. The third-order valence-electron chi connectivity index (χ3n) is 4.21. The SMILES string of the molecule is CC(C)Sc1ccccc1C(=O)Nc1ccccc1C(=O)NCc1ccccc1. The second-order valence-electron chi connectivity index (χ2n) is 6.83. The molecule has 148 valence electrons. The lowest BCUT2D eigenvalue weighted by Crippen LogP contribution is -2.25. The summed E-state index contributed by atoms with van der Waals surface area (Å²) in [5.74, 6) is -0.452. The Morgan fingerprint density at radius 1 is 0.793 bits per heavy atom. The Morgan fingerprint density at radius 3 is 2.14 bits per heavy atom. The lowest BCUT2D eigenvalue weighted by atomic mass is 10.1. The molecule has 3 rings (SSSR count). The normalized spacial score (nSPS) is 10.6. The lowest BCUT2D eigenvalue weighted by molar-refractivity contribution is 0.0952. The number of benzene rings is 3. The number of hydrogen-bond acceptors (Lipinski definition) is 3. The predicted octanol–water partition coefficient (Wildman–Crippen LogP) is 5.37. The van der Waals surface area contributed by atoms with E-state index >= 15 is 0 Å². The first-order valence-electron chi connectivity index (χ1n) is 9.53. The van der Waals surface area contributed by atoms with Crippen molar-refractivity contribution in [2.45, 2.75) is 30.5 Å². The van der Waals surface area contributed by atoms with Crippen molar-refractivity contribution < 1.29 is 9.59 Å². The molecular weight excluding hydrogens is 380 g/mol. The molecule has 0 fully saturated rings. The van der Waals surface area contributed by atoms with Gasteiger partial charge in [-0.2, -0.15) is 0 Å². The molecule has 0 saturated carbocycles. The summed E-state index contributed by atoms with van der Waals surface area (Å²) in [7, 11) is 0. The van der Waals surface area contributed by atoms with Crippen molar-refractivity contribution in [3.05, 3.63) is 95.6 Å². The smallest absolute Gasteiger partial charge is 0.256 e. The highest BCUT2D eigenvalue weighted by Gasteiger charge is 2.16. The first-order chi connectivity index (χ1) is 14.0. The number of hydrogen-bond donors (Lipinski definition) is 2. The first kappa shape index (κ1) is 20.7. The van der Waals surface area contributed by atoms with Crippen molar-refractivity contribution in [1.29, 1.82) is 0 Å². The molecule has 3 aromatic rings. The third kappa shape index (κ3) is 5.72. The molecule has 0 spiro atoms. The molecule has 0 aromatic heterocycles. The van der Waals surface area contributed by atoms with Crippen LogP contribution in [0, 0.1) is 0 Å². The summed E-state index contributed by atoms with van der Waals surface area (Å²) in [6.07, 6.45) is 0. The second-order valence-corrected chi connectivity index (χ2v) is 8.45. The van der Waals surface area contributed by atoms with Crippen molar-refractivity contribution in [2.24, 2.45) is 0 Å². The van der Waals surface area contributed by atoms with Gasteiger partial charge in [-0.15, -0.1) is 11.8 Å². The monoisotopic (exact) mass is 404 g/mol. The van der Waals surface area contributed by atoms with Gasteiger partial charge in [-0.05, 0) is 29.8 Å². The van der Waals surface area contributed by atoms with Gasteiger partial charge in [0, 0.05) is 16.7 Å². The Balaban J connectivity index is 1.75. The van der Waals surface area contributed by atoms with Gasteiger partial charge in [0.1, 0.15) is 0 Å². The first-order valence-corrected chi connectivity index (χ1v) is 10.4. The molecule has 29 heavy (non-hydrogen) atoms.